The van der Waals surface area contributed by atoms with Gasteiger partial charge in [-0.2, -0.15) is 0 Å². The summed E-state index contributed by atoms with van der Waals surface area (Å²) in [6, 6.07) is 0. The first kappa shape index (κ1) is 97.5. The number of carbonyl (C=O) groups is 4. The predicted molar refractivity (Wildman–Crippen MR) is 418 cm³/mol. The molecule has 0 aromatic carbocycles. The Labute approximate surface area is 619 Å². The molecule has 0 amide bonds. The first-order valence-corrected chi connectivity index (χ1v) is 42.8. The molecule has 0 radical (unpaired) electrons. The number of phosphoric acid groups is 2. The Bertz CT molecular complexity index is 2410. The average molecular weight is 1470 g/mol. The maximum atomic E-state index is 13.1. The van der Waals surface area contributed by atoms with E-state index in [4.69, 9.17) is 37.0 Å². The number of carbonyl (C=O) groups excluding carboxylic acids is 4. The van der Waals surface area contributed by atoms with E-state index in [1.165, 1.54) is 96.3 Å². The molecule has 0 rings (SSSR count). The third-order valence-corrected chi connectivity index (χ3v) is 18.4. The van der Waals surface area contributed by atoms with Crippen molar-refractivity contribution in [2.75, 3.05) is 39.6 Å². The average Bonchev–Trinajstić information content (AvgIpc) is 0.940. The van der Waals surface area contributed by atoms with Gasteiger partial charge in [0.05, 0.1) is 26.4 Å². The lowest BCUT2D eigenvalue weighted by Crippen LogP contribution is -2.30. The van der Waals surface area contributed by atoms with Crippen LogP contribution in [-0.4, -0.2) is 96.7 Å². The minimum Gasteiger partial charge on any atom is -0.462 e. The SMILES string of the molecule is CC/C=C\C/C=C\C/C=C\C/C=C\C/C=C\C/C=C\CCC(=O)OCC(COP(=O)(O)OCC(O)COP(=O)(O)OCC(COC(=O)CCCCCCCCCCCCCCC)OC(=O)CCCCCCCCCCCCC)OC(=O)CCCCCCCC/C=C\C/C=C\C/C=C\C/C=C\CC. The molecule has 0 saturated carbocycles. The zero-order valence-electron chi connectivity index (χ0n) is 64.0. The minimum absolute atomic E-state index is 0.0308. The second kappa shape index (κ2) is 74.7. The van der Waals surface area contributed by atoms with Crippen LogP contribution >= 0.6 is 15.6 Å². The molecule has 0 saturated heterocycles. The Balaban J connectivity index is 5.41. The molecule has 102 heavy (non-hydrogen) atoms. The standard InChI is InChI=1S/C83H142O17P2/c1-5-9-13-17-21-25-29-32-34-36-38-40-42-45-49-52-56-60-64-68-81(86)94-74-79(100-83(88)70-66-62-58-54-50-46-43-41-39-37-35-33-30-26-22-18-14-10-6-2)76-98-102(91,92)96-72-77(84)71-95-101(89,90)97-75-78(99-82(87)69-65-61-57-53-47-28-24-20-16-12-8-4)73-93-80(85)67-63-59-55-51-48-44-31-27-23-19-15-11-7-3/h9-10,13-14,21-22,25-26,32-35,38-41,45,49,56,60,77-79,84H,5-8,11-12,15-20,23-24,27-31,36-37,42-44,46-48,50-55,57-59,61-76H2,1-4H3,(H,89,90)(H,91,92)/b13-9-,14-10-,25-21-,26-22-,34-32-,35-33-,40-38-,41-39-,49-45-,60-56-. The Morgan fingerprint density at radius 1 is 0.284 bits per heavy atom. The molecule has 0 spiro atoms. The van der Waals surface area contributed by atoms with Gasteiger partial charge in [0.1, 0.15) is 19.3 Å². The number of unbranched alkanes of at least 4 members (excludes halogenated alkanes) is 28. The molecule has 0 heterocycles. The molecule has 19 heteroatoms. The first-order valence-electron chi connectivity index (χ1n) is 39.8. The van der Waals surface area contributed by atoms with E-state index in [2.05, 4.69) is 131 Å². The van der Waals surface area contributed by atoms with Crippen molar-refractivity contribution >= 4 is 39.5 Å². The lowest BCUT2D eigenvalue weighted by Gasteiger charge is -2.21. The second-order valence-corrected chi connectivity index (χ2v) is 29.2. The van der Waals surface area contributed by atoms with Crippen LogP contribution in [0.4, 0.5) is 0 Å². The van der Waals surface area contributed by atoms with Crippen LogP contribution in [0.25, 0.3) is 0 Å². The highest BCUT2D eigenvalue weighted by Gasteiger charge is 2.30. The number of aliphatic hydroxyl groups is 1. The van der Waals surface area contributed by atoms with Crippen molar-refractivity contribution in [3.63, 3.8) is 0 Å². The van der Waals surface area contributed by atoms with Crippen molar-refractivity contribution in [2.24, 2.45) is 0 Å². The number of ether oxygens (including phenoxy) is 4. The molecule has 3 N–H and O–H groups in total. The van der Waals surface area contributed by atoms with Crippen LogP contribution in [0.2, 0.25) is 0 Å². The van der Waals surface area contributed by atoms with Gasteiger partial charge in [0.2, 0.25) is 0 Å². The van der Waals surface area contributed by atoms with Crippen LogP contribution in [0, 0.1) is 0 Å². The van der Waals surface area contributed by atoms with Gasteiger partial charge in [-0.05, 0) is 103 Å². The van der Waals surface area contributed by atoms with Crippen LogP contribution in [0.5, 0.6) is 0 Å². The number of phosphoric ester groups is 2. The summed E-state index contributed by atoms with van der Waals surface area (Å²) < 4.78 is 68.5. The number of hydrogen-bond donors (Lipinski definition) is 3. The molecular formula is C83H142O17P2. The minimum atomic E-state index is -5.00. The van der Waals surface area contributed by atoms with Gasteiger partial charge >= 0.3 is 39.5 Å². The van der Waals surface area contributed by atoms with Crippen molar-refractivity contribution in [1.29, 1.82) is 0 Å². The quantitative estimate of drug-likeness (QED) is 0.0169. The van der Waals surface area contributed by atoms with Gasteiger partial charge in [0.15, 0.2) is 12.2 Å². The zero-order chi connectivity index (χ0) is 74.6. The fourth-order valence-corrected chi connectivity index (χ4v) is 12.1. The summed E-state index contributed by atoms with van der Waals surface area (Å²) in [5.41, 5.74) is 0. The van der Waals surface area contributed by atoms with Gasteiger partial charge in [-0.1, -0.05) is 316 Å². The number of aliphatic hydroxyl groups excluding tert-OH is 1. The van der Waals surface area contributed by atoms with Crippen LogP contribution in [0.1, 0.15) is 323 Å². The molecule has 17 nitrogen and oxygen atoms in total. The molecule has 0 aromatic rings. The largest absolute Gasteiger partial charge is 0.472 e. The topological polar surface area (TPSA) is 237 Å². The smallest absolute Gasteiger partial charge is 0.462 e. The number of rotatable bonds is 74. The third-order valence-electron chi connectivity index (χ3n) is 16.5. The molecule has 5 atom stereocenters. The van der Waals surface area contributed by atoms with Crippen LogP contribution in [-0.2, 0) is 65.4 Å². The van der Waals surface area contributed by atoms with Crippen LogP contribution < -0.4 is 0 Å². The van der Waals surface area contributed by atoms with Gasteiger partial charge in [0, 0.05) is 25.7 Å². The summed E-state index contributed by atoms with van der Waals surface area (Å²) in [6.45, 7) is 4.57. The number of esters is 4. The molecule has 0 bridgehead atoms. The lowest BCUT2D eigenvalue weighted by atomic mass is 10.0. The maximum absolute atomic E-state index is 13.1. The Hall–Kier alpha value is -4.54. The van der Waals surface area contributed by atoms with Crippen molar-refractivity contribution in [3.05, 3.63) is 122 Å². The van der Waals surface area contributed by atoms with E-state index in [1.807, 2.05) is 18.2 Å². The van der Waals surface area contributed by atoms with E-state index in [1.54, 1.807) is 0 Å². The highest BCUT2D eigenvalue weighted by atomic mass is 31.2. The molecular weight excluding hydrogens is 1330 g/mol. The van der Waals surface area contributed by atoms with Gasteiger partial charge in [-0.15, -0.1) is 0 Å². The van der Waals surface area contributed by atoms with Crippen molar-refractivity contribution in [2.45, 2.75) is 341 Å². The Morgan fingerprint density at radius 3 is 0.843 bits per heavy atom. The summed E-state index contributed by atoms with van der Waals surface area (Å²) in [4.78, 5) is 72.9. The highest BCUT2D eigenvalue weighted by Crippen LogP contribution is 2.45. The monoisotopic (exact) mass is 1470 g/mol. The molecule has 586 valence electrons. The molecule has 0 aromatic heterocycles. The summed E-state index contributed by atoms with van der Waals surface area (Å²) in [5.74, 6) is -2.27. The van der Waals surface area contributed by atoms with E-state index in [0.717, 1.165) is 141 Å². The third kappa shape index (κ3) is 73.8. The van der Waals surface area contributed by atoms with E-state index in [9.17, 15) is 43.2 Å². The summed E-state index contributed by atoms with van der Waals surface area (Å²) in [7, 11) is -9.97. The Kier molecular flexibility index (Phi) is 71.4. The van der Waals surface area contributed by atoms with Gasteiger partial charge in [-0.3, -0.25) is 37.3 Å². The van der Waals surface area contributed by atoms with Crippen molar-refractivity contribution in [3.8, 4) is 0 Å². The summed E-state index contributed by atoms with van der Waals surface area (Å²) in [5, 5.41) is 10.6. The summed E-state index contributed by atoms with van der Waals surface area (Å²) >= 11 is 0. The van der Waals surface area contributed by atoms with Gasteiger partial charge in [-0.25, -0.2) is 9.13 Å². The van der Waals surface area contributed by atoms with Crippen LogP contribution in [0.3, 0.4) is 0 Å². The van der Waals surface area contributed by atoms with Crippen molar-refractivity contribution in [1.82, 2.24) is 0 Å². The molecule has 0 aliphatic carbocycles. The predicted octanol–water partition coefficient (Wildman–Crippen LogP) is 23.1. The maximum Gasteiger partial charge on any atom is 0.472 e. The van der Waals surface area contributed by atoms with Gasteiger partial charge < -0.3 is 33.8 Å². The first-order chi connectivity index (χ1) is 49.7. The number of allylic oxidation sites excluding steroid dienone is 20. The molecule has 0 fully saturated rings. The van der Waals surface area contributed by atoms with E-state index in [-0.39, 0.29) is 25.7 Å². The second-order valence-electron chi connectivity index (χ2n) is 26.3. The van der Waals surface area contributed by atoms with E-state index in [0.29, 0.717) is 32.1 Å². The highest BCUT2D eigenvalue weighted by molar-refractivity contribution is 7.47. The van der Waals surface area contributed by atoms with Crippen molar-refractivity contribution < 1.29 is 80.2 Å². The normalized spacial score (nSPS) is 14.5. The van der Waals surface area contributed by atoms with E-state index < -0.39 is 97.5 Å². The summed E-state index contributed by atoms with van der Waals surface area (Å²) in [6.07, 6.45) is 82.0. The molecule has 5 unspecified atom stereocenters. The fraction of sp³-hybridized carbons (Fsp3) is 0.711. The Morgan fingerprint density at radius 2 is 0.529 bits per heavy atom. The van der Waals surface area contributed by atoms with Crippen LogP contribution in [0.15, 0.2) is 122 Å². The molecule has 0 aliphatic heterocycles. The lowest BCUT2D eigenvalue weighted by molar-refractivity contribution is -0.161. The van der Waals surface area contributed by atoms with E-state index >= 15 is 0 Å². The molecule has 0 aliphatic rings. The number of hydrogen-bond acceptors (Lipinski definition) is 15. The zero-order valence-corrected chi connectivity index (χ0v) is 65.8. The van der Waals surface area contributed by atoms with Gasteiger partial charge in [0.25, 0.3) is 0 Å². The fourth-order valence-electron chi connectivity index (χ4n) is 10.5.